The van der Waals surface area contributed by atoms with Crippen LogP contribution in [0.4, 0.5) is 0 Å². The quantitative estimate of drug-likeness (QED) is 0.791. The van der Waals surface area contributed by atoms with Gasteiger partial charge in [0.1, 0.15) is 0 Å². The van der Waals surface area contributed by atoms with E-state index in [0.717, 1.165) is 5.69 Å². The fourth-order valence-corrected chi connectivity index (χ4v) is 1.38. The van der Waals surface area contributed by atoms with Crippen molar-refractivity contribution in [3.05, 3.63) is 27.7 Å². The van der Waals surface area contributed by atoms with Crippen LogP contribution in [0.15, 0.2) is 10.9 Å². The highest BCUT2D eigenvalue weighted by Crippen LogP contribution is 2.10. The van der Waals surface area contributed by atoms with E-state index >= 15 is 0 Å². The zero-order valence-electron chi connectivity index (χ0n) is 10.1. The van der Waals surface area contributed by atoms with Gasteiger partial charge in [0.25, 0.3) is 5.56 Å². The van der Waals surface area contributed by atoms with E-state index in [1.807, 2.05) is 13.8 Å². The molecular formula is C11H19N3O2. The molecule has 90 valence electrons. The van der Waals surface area contributed by atoms with Gasteiger partial charge in [-0.2, -0.15) is 5.10 Å². The van der Waals surface area contributed by atoms with Gasteiger partial charge in [-0.3, -0.25) is 4.79 Å². The topological polar surface area (TPSA) is 70.1 Å². The van der Waals surface area contributed by atoms with Crippen molar-refractivity contribution in [1.82, 2.24) is 9.78 Å². The lowest BCUT2D eigenvalue weighted by Crippen LogP contribution is -2.30. The molecule has 2 N–H and O–H groups in total. The van der Waals surface area contributed by atoms with E-state index in [0.29, 0.717) is 18.7 Å². The Kier molecular flexibility index (Phi) is 4.64. The van der Waals surface area contributed by atoms with Crippen LogP contribution in [0.1, 0.15) is 31.0 Å². The van der Waals surface area contributed by atoms with Crippen LogP contribution in [0.2, 0.25) is 0 Å². The lowest BCUT2D eigenvalue weighted by atomic mass is 10.1. The lowest BCUT2D eigenvalue weighted by molar-refractivity contribution is 0.181. The minimum absolute atomic E-state index is 0.121. The van der Waals surface area contributed by atoms with E-state index in [2.05, 4.69) is 5.10 Å². The third-order valence-corrected chi connectivity index (χ3v) is 2.39. The van der Waals surface area contributed by atoms with Crippen molar-refractivity contribution < 1.29 is 4.74 Å². The first-order valence-electron chi connectivity index (χ1n) is 5.40. The maximum Gasteiger partial charge on any atom is 0.271 e. The first-order valence-corrected chi connectivity index (χ1v) is 5.40. The van der Waals surface area contributed by atoms with Crippen molar-refractivity contribution in [2.24, 2.45) is 5.73 Å². The summed E-state index contributed by atoms with van der Waals surface area (Å²) < 4.78 is 6.38. The standard InChI is InChI=1S/C11H19N3O2/c1-8(2)10-6-9(7-12)11(15)14(13-10)4-5-16-3/h6,8H,4-5,7,12H2,1-3H3. The number of hydrogen-bond acceptors (Lipinski definition) is 4. The molecular weight excluding hydrogens is 206 g/mol. The van der Waals surface area contributed by atoms with E-state index in [1.54, 1.807) is 13.2 Å². The molecule has 0 saturated heterocycles. The summed E-state index contributed by atoms with van der Waals surface area (Å²) in [5.41, 5.74) is 6.92. The predicted molar refractivity (Wildman–Crippen MR) is 62.4 cm³/mol. The molecule has 1 rings (SSSR count). The van der Waals surface area contributed by atoms with Crippen molar-refractivity contribution in [1.29, 1.82) is 0 Å². The minimum Gasteiger partial charge on any atom is -0.383 e. The van der Waals surface area contributed by atoms with Crippen LogP contribution >= 0.6 is 0 Å². The summed E-state index contributed by atoms with van der Waals surface area (Å²) in [5, 5.41) is 4.29. The fraction of sp³-hybridized carbons (Fsp3) is 0.636. The number of nitrogens with zero attached hydrogens (tertiary/aromatic N) is 2. The molecule has 16 heavy (non-hydrogen) atoms. The predicted octanol–water partition coefficient (Wildman–Crippen LogP) is 0.472. The monoisotopic (exact) mass is 225 g/mol. The number of hydrogen-bond donors (Lipinski definition) is 1. The molecule has 1 heterocycles. The largest absolute Gasteiger partial charge is 0.383 e. The normalized spacial score (nSPS) is 11.1. The molecule has 1 aromatic rings. The molecule has 0 unspecified atom stereocenters. The number of methoxy groups -OCH3 is 1. The molecule has 0 fully saturated rings. The van der Waals surface area contributed by atoms with Crippen molar-refractivity contribution in [3.63, 3.8) is 0 Å². The highest BCUT2D eigenvalue weighted by molar-refractivity contribution is 5.15. The molecule has 0 bridgehead atoms. The number of aromatic nitrogens is 2. The Hall–Kier alpha value is -1.20. The summed E-state index contributed by atoms with van der Waals surface area (Å²) in [4.78, 5) is 11.8. The highest BCUT2D eigenvalue weighted by atomic mass is 16.5. The van der Waals surface area contributed by atoms with Gasteiger partial charge in [0.05, 0.1) is 18.8 Å². The van der Waals surface area contributed by atoms with Crippen molar-refractivity contribution >= 4 is 0 Å². The van der Waals surface area contributed by atoms with Crippen LogP contribution in [0, 0.1) is 0 Å². The summed E-state index contributed by atoms with van der Waals surface area (Å²) >= 11 is 0. The Morgan fingerprint density at radius 2 is 2.25 bits per heavy atom. The molecule has 0 aliphatic carbocycles. The third-order valence-electron chi connectivity index (χ3n) is 2.39. The Morgan fingerprint density at radius 3 is 2.75 bits per heavy atom. The first kappa shape index (κ1) is 12.9. The third kappa shape index (κ3) is 2.90. The number of nitrogens with two attached hydrogens (primary N) is 1. The molecule has 0 saturated carbocycles. The SMILES string of the molecule is COCCn1nc(C(C)C)cc(CN)c1=O. The number of rotatable bonds is 5. The molecule has 5 nitrogen and oxygen atoms in total. The molecule has 0 spiro atoms. The van der Waals surface area contributed by atoms with Gasteiger partial charge in [-0.1, -0.05) is 13.8 Å². The second kappa shape index (κ2) is 5.77. The molecule has 0 radical (unpaired) electrons. The van der Waals surface area contributed by atoms with E-state index in [1.165, 1.54) is 4.68 Å². The molecule has 5 heteroatoms. The van der Waals surface area contributed by atoms with Gasteiger partial charge in [-0.15, -0.1) is 0 Å². The van der Waals surface area contributed by atoms with Gasteiger partial charge in [0.15, 0.2) is 0 Å². The van der Waals surface area contributed by atoms with Crippen molar-refractivity contribution in [2.45, 2.75) is 32.9 Å². The maximum absolute atomic E-state index is 11.8. The minimum atomic E-state index is -0.121. The van der Waals surface area contributed by atoms with Gasteiger partial charge in [0.2, 0.25) is 0 Å². The van der Waals surface area contributed by atoms with Gasteiger partial charge in [-0.25, -0.2) is 4.68 Å². The van der Waals surface area contributed by atoms with Crippen molar-refractivity contribution in [3.8, 4) is 0 Å². The van der Waals surface area contributed by atoms with Gasteiger partial charge in [0, 0.05) is 19.2 Å². The molecule has 0 aliphatic rings. The molecule has 1 aromatic heterocycles. The van der Waals surface area contributed by atoms with Crippen molar-refractivity contribution in [2.75, 3.05) is 13.7 Å². The average Bonchev–Trinajstić information content (AvgIpc) is 2.27. The van der Waals surface area contributed by atoms with Crippen LogP contribution < -0.4 is 11.3 Å². The van der Waals surface area contributed by atoms with Crippen LogP contribution in [-0.4, -0.2) is 23.5 Å². The number of ether oxygens (including phenoxy) is 1. The Labute approximate surface area is 95.2 Å². The fourth-order valence-electron chi connectivity index (χ4n) is 1.38. The molecule has 0 atom stereocenters. The van der Waals surface area contributed by atoms with Crippen LogP contribution in [-0.2, 0) is 17.8 Å². The van der Waals surface area contributed by atoms with Gasteiger partial charge in [-0.05, 0) is 12.0 Å². The highest BCUT2D eigenvalue weighted by Gasteiger charge is 2.09. The second-order valence-corrected chi connectivity index (χ2v) is 3.97. The molecule has 0 amide bonds. The first-order chi connectivity index (χ1) is 7.60. The van der Waals surface area contributed by atoms with Crippen LogP contribution in [0.25, 0.3) is 0 Å². The zero-order chi connectivity index (χ0) is 12.1. The summed E-state index contributed by atoms with van der Waals surface area (Å²) in [6.07, 6.45) is 0. The summed E-state index contributed by atoms with van der Waals surface area (Å²) in [5.74, 6) is 0.277. The summed E-state index contributed by atoms with van der Waals surface area (Å²) in [7, 11) is 1.60. The van der Waals surface area contributed by atoms with E-state index in [4.69, 9.17) is 10.5 Å². The summed E-state index contributed by atoms with van der Waals surface area (Å²) in [6.45, 7) is 5.25. The van der Waals surface area contributed by atoms with Crippen LogP contribution in [0.3, 0.4) is 0 Å². The Balaban J connectivity index is 3.14. The Bertz CT molecular complexity index is 399. The second-order valence-electron chi connectivity index (χ2n) is 3.97. The molecule has 0 aromatic carbocycles. The zero-order valence-corrected chi connectivity index (χ0v) is 10.1. The van der Waals surface area contributed by atoms with Gasteiger partial charge >= 0.3 is 0 Å². The maximum atomic E-state index is 11.8. The molecule has 0 aliphatic heterocycles. The van der Waals surface area contributed by atoms with E-state index in [-0.39, 0.29) is 18.0 Å². The van der Waals surface area contributed by atoms with Crippen LogP contribution in [0.5, 0.6) is 0 Å². The Morgan fingerprint density at radius 1 is 1.56 bits per heavy atom. The smallest absolute Gasteiger partial charge is 0.271 e. The van der Waals surface area contributed by atoms with Gasteiger partial charge < -0.3 is 10.5 Å². The summed E-state index contributed by atoms with van der Waals surface area (Å²) in [6, 6.07) is 1.79. The van der Waals surface area contributed by atoms with E-state index in [9.17, 15) is 4.79 Å². The average molecular weight is 225 g/mol. The van der Waals surface area contributed by atoms with E-state index < -0.39 is 0 Å². The lowest BCUT2D eigenvalue weighted by Gasteiger charge is -2.11.